The molecule has 2 saturated heterocycles. The summed E-state index contributed by atoms with van der Waals surface area (Å²) in [6.45, 7) is 5.82. The van der Waals surface area contributed by atoms with Gasteiger partial charge >= 0.3 is 0 Å². The Hall–Kier alpha value is -1.07. The van der Waals surface area contributed by atoms with Crippen molar-refractivity contribution < 1.29 is 16.8 Å². The lowest BCUT2D eigenvalue weighted by atomic mass is 9.94. The van der Waals surface area contributed by atoms with E-state index in [0.717, 1.165) is 6.42 Å². The molecule has 0 radical (unpaired) electrons. The van der Waals surface area contributed by atoms with Gasteiger partial charge in [0, 0.05) is 51.7 Å². The molecule has 0 N–H and O–H groups in total. The minimum atomic E-state index is -3.64. The van der Waals surface area contributed by atoms with Crippen LogP contribution in [-0.4, -0.2) is 74.0 Å². The first-order chi connectivity index (χ1) is 12.2. The molecule has 10 heteroatoms. The molecular formula is C16H26N4O4S2. The highest BCUT2D eigenvalue weighted by molar-refractivity contribution is 7.89. The van der Waals surface area contributed by atoms with Crippen molar-refractivity contribution in [1.29, 1.82) is 0 Å². The molecule has 2 unspecified atom stereocenters. The van der Waals surface area contributed by atoms with E-state index in [-0.39, 0.29) is 31.1 Å². The van der Waals surface area contributed by atoms with Gasteiger partial charge in [-0.3, -0.25) is 4.98 Å². The molecule has 0 saturated carbocycles. The predicted molar refractivity (Wildman–Crippen MR) is 98.0 cm³/mol. The van der Waals surface area contributed by atoms with Gasteiger partial charge in [-0.1, -0.05) is 13.8 Å². The van der Waals surface area contributed by atoms with Crippen molar-refractivity contribution in [3.8, 4) is 0 Å². The molecule has 1 aromatic rings. The van der Waals surface area contributed by atoms with Crippen LogP contribution in [-0.2, 0) is 20.2 Å². The summed E-state index contributed by atoms with van der Waals surface area (Å²) in [5.74, 6) is 0.668. The summed E-state index contributed by atoms with van der Waals surface area (Å²) >= 11 is 0. The Morgan fingerprint density at radius 1 is 0.923 bits per heavy atom. The van der Waals surface area contributed by atoms with Gasteiger partial charge in [0.2, 0.25) is 10.0 Å². The van der Waals surface area contributed by atoms with Crippen LogP contribution >= 0.6 is 0 Å². The zero-order valence-electron chi connectivity index (χ0n) is 15.2. The van der Waals surface area contributed by atoms with Crippen molar-refractivity contribution in [3.05, 3.63) is 24.5 Å². The average molecular weight is 403 g/mol. The van der Waals surface area contributed by atoms with Crippen LogP contribution in [0.25, 0.3) is 0 Å². The van der Waals surface area contributed by atoms with E-state index in [0.29, 0.717) is 24.9 Å². The number of nitrogens with zero attached hydrogens (tertiary/aromatic N) is 4. The molecule has 0 aliphatic carbocycles. The zero-order valence-corrected chi connectivity index (χ0v) is 16.8. The van der Waals surface area contributed by atoms with Crippen molar-refractivity contribution in [3.63, 3.8) is 0 Å². The van der Waals surface area contributed by atoms with E-state index in [4.69, 9.17) is 0 Å². The number of hydrogen-bond donors (Lipinski definition) is 0. The maximum absolute atomic E-state index is 12.9. The van der Waals surface area contributed by atoms with E-state index in [1.54, 1.807) is 10.4 Å². The maximum atomic E-state index is 12.9. The zero-order chi connectivity index (χ0) is 18.9. The van der Waals surface area contributed by atoms with Crippen LogP contribution in [0, 0.1) is 11.8 Å². The van der Waals surface area contributed by atoms with Gasteiger partial charge in [0.1, 0.15) is 4.90 Å². The summed E-state index contributed by atoms with van der Waals surface area (Å²) in [4.78, 5) is 3.99. The molecule has 0 spiro atoms. The first kappa shape index (κ1) is 19.7. The molecule has 0 bridgehead atoms. The first-order valence-corrected chi connectivity index (χ1v) is 11.7. The molecule has 2 fully saturated rings. The van der Waals surface area contributed by atoms with Crippen molar-refractivity contribution in [1.82, 2.24) is 17.9 Å². The Morgan fingerprint density at radius 2 is 1.50 bits per heavy atom. The number of aromatic nitrogens is 1. The molecule has 0 aromatic carbocycles. The van der Waals surface area contributed by atoms with E-state index >= 15 is 0 Å². The monoisotopic (exact) mass is 402 g/mol. The number of piperazine rings is 1. The molecule has 2 aliphatic heterocycles. The molecule has 3 rings (SSSR count). The third-order valence-corrected chi connectivity index (χ3v) is 8.81. The summed E-state index contributed by atoms with van der Waals surface area (Å²) in [7, 11) is -7.19. The van der Waals surface area contributed by atoms with Gasteiger partial charge in [0.25, 0.3) is 10.2 Å². The molecule has 8 nitrogen and oxygen atoms in total. The van der Waals surface area contributed by atoms with E-state index in [1.165, 1.54) is 27.1 Å². The lowest BCUT2D eigenvalue weighted by molar-refractivity contribution is 0.197. The van der Waals surface area contributed by atoms with Crippen molar-refractivity contribution >= 4 is 20.2 Å². The normalized spacial score (nSPS) is 27.5. The van der Waals surface area contributed by atoms with Crippen LogP contribution in [0.3, 0.4) is 0 Å². The summed E-state index contributed by atoms with van der Waals surface area (Å²) in [6, 6.07) is 3.08. The van der Waals surface area contributed by atoms with E-state index in [1.807, 2.05) is 0 Å². The van der Waals surface area contributed by atoms with Gasteiger partial charge < -0.3 is 0 Å². The molecule has 0 amide bonds. The largest absolute Gasteiger partial charge is 0.282 e. The number of rotatable bonds is 4. The molecule has 2 atom stereocenters. The minimum Gasteiger partial charge on any atom is -0.263 e. The van der Waals surface area contributed by atoms with E-state index in [9.17, 15) is 16.8 Å². The number of pyridine rings is 1. The fourth-order valence-corrected chi connectivity index (χ4v) is 6.97. The Morgan fingerprint density at radius 3 is 2.04 bits per heavy atom. The fraction of sp³-hybridized carbons (Fsp3) is 0.688. The topological polar surface area (TPSA) is 90.9 Å². The Labute approximate surface area is 156 Å². The van der Waals surface area contributed by atoms with Crippen molar-refractivity contribution in [2.75, 3.05) is 39.3 Å². The highest BCUT2D eigenvalue weighted by Gasteiger charge is 2.38. The minimum absolute atomic E-state index is 0.134. The second-order valence-corrected chi connectivity index (χ2v) is 11.1. The van der Waals surface area contributed by atoms with Crippen LogP contribution < -0.4 is 0 Å². The van der Waals surface area contributed by atoms with E-state index < -0.39 is 20.2 Å². The second kappa shape index (κ2) is 7.51. The molecule has 1 aromatic heterocycles. The van der Waals surface area contributed by atoms with Gasteiger partial charge in [-0.15, -0.1) is 0 Å². The van der Waals surface area contributed by atoms with Gasteiger partial charge in [-0.25, -0.2) is 8.42 Å². The lowest BCUT2D eigenvalue weighted by Crippen LogP contribution is -2.56. The summed E-state index contributed by atoms with van der Waals surface area (Å²) in [5, 5.41) is 0. The third kappa shape index (κ3) is 3.94. The second-order valence-electron chi connectivity index (χ2n) is 7.26. The highest BCUT2D eigenvalue weighted by atomic mass is 32.2. The van der Waals surface area contributed by atoms with Gasteiger partial charge in [-0.05, 0) is 30.4 Å². The lowest BCUT2D eigenvalue weighted by Gasteiger charge is -2.39. The maximum Gasteiger partial charge on any atom is 0.282 e. The van der Waals surface area contributed by atoms with Crippen molar-refractivity contribution in [2.45, 2.75) is 25.2 Å². The Bertz CT molecular complexity index is 811. The van der Waals surface area contributed by atoms with Crippen LogP contribution in [0.5, 0.6) is 0 Å². The molecule has 146 valence electrons. The molecular weight excluding hydrogens is 376 g/mol. The quantitative estimate of drug-likeness (QED) is 0.736. The fourth-order valence-electron chi connectivity index (χ4n) is 3.75. The third-order valence-electron chi connectivity index (χ3n) is 4.96. The number of sulfonamides is 1. The Kier molecular flexibility index (Phi) is 5.69. The van der Waals surface area contributed by atoms with Crippen LogP contribution in [0.15, 0.2) is 29.4 Å². The SMILES string of the molecule is CC1CC(C)CN(S(=O)(=O)N2CCN(S(=O)(=O)c3cccnc3)CC2)C1. The predicted octanol–water partition coefficient (Wildman–Crippen LogP) is 0.611. The van der Waals surface area contributed by atoms with Crippen LogP contribution in [0.1, 0.15) is 20.3 Å². The summed E-state index contributed by atoms with van der Waals surface area (Å²) in [5.41, 5.74) is 0. The standard InChI is InChI=1S/C16H26N4O4S2/c1-14-10-15(2)13-20(12-14)26(23,24)19-8-6-18(7-9-19)25(21,22)16-4-3-5-17-11-16/h3-5,11,14-15H,6-10,12-13H2,1-2H3. The van der Waals surface area contributed by atoms with E-state index in [2.05, 4.69) is 18.8 Å². The molecule has 3 heterocycles. The summed E-state index contributed by atoms with van der Waals surface area (Å²) < 4.78 is 55.4. The van der Waals surface area contributed by atoms with Gasteiger partial charge in [-0.2, -0.15) is 21.3 Å². The number of piperidine rings is 1. The Balaban J connectivity index is 1.68. The number of hydrogen-bond acceptors (Lipinski definition) is 5. The van der Waals surface area contributed by atoms with Gasteiger partial charge in [0.15, 0.2) is 0 Å². The van der Waals surface area contributed by atoms with Crippen molar-refractivity contribution in [2.24, 2.45) is 11.8 Å². The van der Waals surface area contributed by atoms with Crippen LogP contribution in [0.2, 0.25) is 0 Å². The smallest absolute Gasteiger partial charge is 0.263 e. The average Bonchev–Trinajstić information content (AvgIpc) is 2.62. The molecule has 26 heavy (non-hydrogen) atoms. The summed E-state index contributed by atoms with van der Waals surface area (Å²) in [6.07, 6.45) is 3.86. The van der Waals surface area contributed by atoms with Crippen LogP contribution in [0.4, 0.5) is 0 Å². The highest BCUT2D eigenvalue weighted by Crippen LogP contribution is 2.26. The first-order valence-electron chi connectivity index (χ1n) is 8.86. The molecule has 2 aliphatic rings. The van der Waals surface area contributed by atoms with Gasteiger partial charge in [0.05, 0.1) is 0 Å².